The number of nitrogens with zero attached hydrogens (tertiary/aromatic N) is 3. The van der Waals surface area contributed by atoms with Crippen LogP contribution in [0.4, 0.5) is 17.3 Å². The molecule has 20 heavy (non-hydrogen) atoms. The van der Waals surface area contributed by atoms with Crippen molar-refractivity contribution in [3.05, 3.63) is 22.2 Å². The number of nitrogens with one attached hydrogen (secondary N) is 2. The Kier molecular flexibility index (Phi) is 5.24. The number of anilines is 2. The molecule has 0 fully saturated rings. The van der Waals surface area contributed by atoms with E-state index in [2.05, 4.69) is 15.6 Å². The lowest BCUT2D eigenvalue weighted by atomic mass is 10.2. The summed E-state index contributed by atoms with van der Waals surface area (Å²) in [5, 5.41) is 16.6. The van der Waals surface area contributed by atoms with E-state index in [-0.39, 0.29) is 17.4 Å². The number of pyridine rings is 1. The van der Waals surface area contributed by atoms with Crippen LogP contribution in [0.15, 0.2) is 12.1 Å². The van der Waals surface area contributed by atoms with Crippen molar-refractivity contribution in [2.24, 2.45) is 0 Å². The van der Waals surface area contributed by atoms with Crippen molar-refractivity contribution in [2.45, 2.75) is 19.9 Å². The van der Waals surface area contributed by atoms with Crippen LogP contribution in [-0.4, -0.2) is 47.4 Å². The Morgan fingerprint density at radius 1 is 1.55 bits per heavy atom. The van der Waals surface area contributed by atoms with Crippen LogP contribution < -0.4 is 10.6 Å². The molecule has 8 heteroatoms. The van der Waals surface area contributed by atoms with Crippen molar-refractivity contribution in [2.75, 3.05) is 31.3 Å². The molecule has 0 aliphatic heterocycles. The van der Waals surface area contributed by atoms with E-state index in [0.717, 1.165) is 0 Å². The van der Waals surface area contributed by atoms with Gasteiger partial charge in [-0.15, -0.1) is 0 Å². The highest BCUT2D eigenvalue weighted by Crippen LogP contribution is 2.24. The van der Waals surface area contributed by atoms with E-state index in [0.29, 0.717) is 12.4 Å². The van der Waals surface area contributed by atoms with Gasteiger partial charge in [0.15, 0.2) is 0 Å². The molecule has 0 saturated heterocycles. The summed E-state index contributed by atoms with van der Waals surface area (Å²) in [6, 6.07) is 2.26. The molecule has 1 rings (SSSR count). The third-order valence-electron chi connectivity index (χ3n) is 2.90. The van der Waals surface area contributed by atoms with Gasteiger partial charge in [0.25, 0.3) is 0 Å². The molecule has 0 spiro atoms. The number of carbonyl (C=O) groups is 1. The van der Waals surface area contributed by atoms with Crippen molar-refractivity contribution < 1.29 is 9.72 Å². The number of likely N-dealkylation sites (N-methyl/N-ethyl adjacent to an activating group) is 1. The van der Waals surface area contributed by atoms with Crippen LogP contribution in [-0.2, 0) is 4.79 Å². The number of hydrogen-bond acceptors (Lipinski definition) is 6. The number of hydrogen-bond donors (Lipinski definition) is 2. The van der Waals surface area contributed by atoms with E-state index >= 15 is 0 Å². The van der Waals surface area contributed by atoms with Crippen LogP contribution in [0.2, 0.25) is 0 Å². The summed E-state index contributed by atoms with van der Waals surface area (Å²) in [5.74, 6) is 0.409. The lowest BCUT2D eigenvalue weighted by Crippen LogP contribution is -2.39. The van der Waals surface area contributed by atoms with Crippen molar-refractivity contribution in [1.29, 1.82) is 0 Å². The predicted molar refractivity (Wildman–Crippen MR) is 76.8 cm³/mol. The first-order chi connectivity index (χ1) is 9.40. The van der Waals surface area contributed by atoms with Gasteiger partial charge in [0, 0.05) is 26.7 Å². The first-order valence-corrected chi connectivity index (χ1v) is 6.25. The molecule has 0 aliphatic carbocycles. The number of aromatic nitrogens is 1. The summed E-state index contributed by atoms with van der Waals surface area (Å²) in [4.78, 5) is 28.0. The summed E-state index contributed by atoms with van der Waals surface area (Å²) in [5.41, 5.74) is -0.164. The topological polar surface area (TPSA) is 100 Å². The second kappa shape index (κ2) is 6.69. The Morgan fingerprint density at radius 3 is 2.70 bits per heavy atom. The molecular formula is C12H19N5O3. The fourth-order valence-electron chi connectivity index (χ4n) is 1.60. The summed E-state index contributed by atoms with van der Waals surface area (Å²) >= 11 is 0. The zero-order valence-corrected chi connectivity index (χ0v) is 12.0. The Morgan fingerprint density at radius 2 is 2.20 bits per heavy atom. The standard InChI is InChI=1S/C12H19N5O3/c1-5-16(4)12(18)8(2)14-11-9(17(19)20)6-7-10(13-3)15-11/h6-8H,5H2,1-4H3,(H2,13,14,15). The molecule has 0 aliphatic rings. The first-order valence-electron chi connectivity index (χ1n) is 6.25. The van der Waals surface area contributed by atoms with Crippen molar-refractivity contribution in [3.63, 3.8) is 0 Å². The monoisotopic (exact) mass is 281 g/mol. The molecule has 1 amide bonds. The van der Waals surface area contributed by atoms with Crippen molar-refractivity contribution in [1.82, 2.24) is 9.88 Å². The first kappa shape index (κ1) is 15.7. The summed E-state index contributed by atoms with van der Waals surface area (Å²) in [6.07, 6.45) is 0. The van der Waals surface area contributed by atoms with Crippen LogP contribution in [0, 0.1) is 10.1 Å². The zero-order chi connectivity index (χ0) is 15.3. The Hall–Kier alpha value is -2.38. The highest BCUT2D eigenvalue weighted by molar-refractivity contribution is 5.84. The second-order valence-corrected chi connectivity index (χ2v) is 4.29. The predicted octanol–water partition coefficient (Wildman–Crippen LogP) is 1.31. The molecular weight excluding hydrogens is 262 g/mol. The van der Waals surface area contributed by atoms with Gasteiger partial charge in [-0.1, -0.05) is 0 Å². The van der Waals surface area contributed by atoms with Gasteiger partial charge in [-0.05, 0) is 19.9 Å². The van der Waals surface area contributed by atoms with E-state index in [1.54, 1.807) is 21.0 Å². The summed E-state index contributed by atoms with van der Waals surface area (Å²) in [7, 11) is 3.34. The Bertz CT molecular complexity index is 506. The molecule has 0 aromatic carbocycles. The molecule has 1 atom stereocenters. The number of carbonyl (C=O) groups excluding carboxylic acids is 1. The molecule has 110 valence electrons. The van der Waals surface area contributed by atoms with E-state index in [9.17, 15) is 14.9 Å². The highest BCUT2D eigenvalue weighted by atomic mass is 16.6. The molecule has 1 heterocycles. The normalized spacial score (nSPS) is 11.6. The minimum Gasteiger partial charge on any atom is -0.373 e. The molecule has 1 aromatic rings. The van der Waals surface area contributed by atoms with Gasteiger partial charge in [0.1, 0.15) is 11.9 Å². The fourth-order valence-corrected chi connectivity index (χ4v) is 1.60. The second-order valence-electron chi connectivity index (χ2n) is 4.29. The van der Waals surface area contributed by atoms with Crippen LogP contribution in [0.25, 0.3) is 0 Å². The molecule has 0 saturated carbocycles. The maximum absolute atomic E-state index is 12.0. The van der Waals surface area contributed by atoms with Gasteiger partial charge in [0.05, 0.1) is 4.92 Å². The van der Waals surface area contributed by atoms with Gasteiger partial charge >= 0.3 is 5.69 Å². The maximum atomic E-state index is 12.0. The van der Waals surface area contributed by atoms with Crippen molar-refractivity contribution in [3.8, 4) is 0 Å². The minimum atomic E-state index is -0.599. The van der Waals surface area contributed by atoms with Gasteiger partial charge in [0.2, 0.25) is 11.7 Å². The number of amides is 1. The van der Waals surface area contributed by atoms with Crippen molar-refractivity contribution >= 4 is 23.2 Å². The smallest absolute Gasteiger partial charge is 0.311 e. The number of nitro groups is 1. The molecule has 2 N–H and O–H groups in total. The van der Waals surface area contributed by atoms with E-state index in [1.807, 2.05) is 6.92 Å². The lowest BCUT2D eigenvalue weighted by molar-refractivity contribution is -0.384. The lowest BCUT2D eigenvalue weighted by Gasteiger charge is -2.21. The van der Waals surface area contributed by atoms with Gasteiger partial charge in [-0.25, -0.2) is 4.98 Å². The van der Waals surface area contributed by atoms with Crippen LogP contribution in [0.5, 0.6) is 0 Å². The SMILES string of the molecule is CCN(C)C(=O)C(C)Nc1nc(NC)ccc1[N+](=O)[O-]. The van der Waals surface area contributed by atoms with Gasteiger partial charge in [-0.3, -0.25) is 14.9 Å². The van der Waals surface area contributed by atoms with Gasteiger partial charge < -0.3 is 15.5 Å². The third kappa shape index (κ3) is 3.56. The average Bonchev–Trinajstić information content (AvgIpc) is 2.44. The Labute approximate surface area is 117 Å². The Balaban J connectivity index is 3.00. The molecule has 8 nitrogen and oxygen atoms in total. The molecule has 1 aromatic heterocycles. The zero-order valence-electron chi connectivity index (χ0n) is 12.0. The average molecular weight is 281 g/mol. The van der Waals surface area contributed by atoms with Crippen LogP contribution >= 0.6 is 0 Å². The third-order valence-corrected chi connectivity index (χ3v) is 2.90. The summed E-state index contributed by atoms with van der Waals surface area (Å²) in [6.45, 7) is 4.07. The largest absolute Gasteiger partial charge is 0.373 e. The maximum Gasteiger partial charge on any atom is 0.311 e. The van der Waals surface area contributed by atoms with Crippen LogP contribution in [0.1, 0.15) is 13.8 Å². The van der Waals surface area contributed by atoms with E-state index in [4.69, 9.17) is 0 Å². The van der Waals surface area contributed by atoms with Crippen LogP contribution in [0.3, 0.4) is 0 Å². The molecule has 1 unspecified atom stereocenters. The number of rotatable bonds is 6. The summed E-state index contributed by atoms with van der Waals surface area (Å²) < 4.78 is 0. The minimum absolute atomic E-state index is 0.0761. The molecule has 0 bridgehead atoms. The van der Waals surface area contributed by atoms with E-state index in [1.165, 1.54) is 17.0 Å². The van der Waals surface area contributed by atoms with Gasteiger partial charge in [-0.2, -0.15) is 0 Å². The van der Waals surface area contributed by atoms with E-state index < -0.39 is 11.0 Å². The highest BCUT2D eigenvalue weighted by Gasteiger charge is 2.22. The fraction of sp³-hybridized carbons (Fsp3) is 0.500. The quantitative estimate of drug-likeness (QED) is 0.602. The molecule has 0 radical (unpaired) electrons.